The van der Waals surface area contributed by atoms with Crippen molar-refractivity contribution in [1.82, 2.24) is 0 Å². The van der Waals surface area contributed by atoms with Gasteiger partial charge in [-0.25, -0.2) is 0 Å². The Morgan fingerprint density at radius 3 is 1.57 bits per heavy atom. The predicted octanol–water partition coefficient (Wildman–Crippen LogP) is 7.20. The van der Waals surface area contributed by atoms with E-state index in [2.05, 4.69) is 23.8 Å². The number of hydrogen-bond donors (Lipinski definition) is 0. The SMILES string of the molecule is CC.CC.CCc1ccc(CC(=O)OCc2ccc(B3OC(C)(C)C(C)(C)O3)cc2)cc1.COC(=O)Cc1ccc([N+](=O)[O-])cc1. The zero-order valence-corrected chi connectivity index (χ0v) is 29.0. The lowest BCUT2D eigenvalue weighted by atomic mass is 9.79. The molecular weight excluding hydrogens is 585 g/mol. The van der Waals surface area contributed by atoms with Gasteiger partial charge in [0, 0.05) is 12.1 Å². The molecule has 250 valence electrons. The first-order valence-electron chi connectivity index (χ1n) is 15.8. The summed E-state index contributed by atoms with van der Waals surface area (Å²) >= 11 is 0. The number of carbonyl (C=O) groups is 2. The lowest BCUT2D eigenvalue weighted by molar-refractivity contribution is -0.384. The fourth-order valence-electron chi connectivity index (χ4n) is 4.00. The molecule has 0 amide bonds. The molecule has 1 saturated heterocycles. The van der Waals surface area contributed by atoms with Gasteiger partial charge in [-0.05, 0) is 61.8 Å². The Bertz CT molecular complexity index is 1340. The van der Waals surface area contributed by atoms with Crippen LogP contribution in [0.4, 0.5) is 5.69 Å². The van der Waals surface area contributed by atoms with Crippen molar-refractivity contribution in [2.24, 2.45) is 0 Å². The fourth-order valence-corrected chi connectivity index (χ4v) is 4.00. The zero-order chi connectivity index (χ0) is 34.9. The van der Waals surface area contributed by atoms with Gasteiger partial charge in [0.05, 0.1) is 36.1 Å². The second-order valence-corrected chi connectivity index (χ2v) is 11.0. The molecular formula is C36H50BNO8. The topological polar surface area (TPSA) is 114 Å². The minimum absolute atomic E-state index is 0.0126. The number of non-ortho nitro benzene ring substituents is 1. The number of esters is 2. The first-order valence-corrected chi connectivity index (χ1v) is 15.8. The van der Waals surface area contributed by atoms with Crippen molar-refractivity contribution in [3.05, 3.63) is 105 Å². The van der Waals surface area contributed by atoms with Crippen LogP contribution in [0.1, 0.15) is 84.6 Å². The molecule has 46 heavy (non-hydrogen) atoms. The number of ether oxygens (including phenoxy) is 2. The van der Waals surface area contributed by atoms with Crippen LogP contribution in [0.2, 0.25) is 0 Å². The third-order valence-corrected chi connectivity index (χ3v) is 7.41. The number of aryl methyl sites for hydroxylation is 1. The van der Waals surface area contributed by atoms with E-state index in [1.54, 1.807) is 0 Å². The second kappa shape index (κ2) is 19.5. The number of carbonyl (C=O) groups excluding carboxylic acids is 2. The van der Waals surface area contributed by atoms with E-state index in [0.717, 1.165) is 23.0 Å². The smallest absolute Gasteiger partial charge is 0.469 e. The quantitative estimate of drug-likeness (QED) is 0.105. The van der Waals surface area contributed by atoms with Crippen LogP contribution in [0.15, 0.2) is 72.8 Å². The summed E-state index contributed by atoms with van der Waals surface area (Å²) in [6.45, 7) is 18.5. The molecule has 0 aliphatic carbocycles. The van der Waals surface area contributed by atoms with E-state index in [4.69, 9.17) is 14.0 Å². The molecule has 1 aliphatic rings. The van der Waals surface area contributed by atoms with Crippen LogP contribution in [0, 0.1) is 10.1 Å². The van der Waals surface area contributed by atoms with E-state index in [1.807, 2.05) is 91.8 Å². The Balaban J connectivity index is 0.000000494. The Hall–Kier alpha value is -4.02. The van der Waals surface area contributed by atoms with Gasteiger partial charge in [-0.3, -0.25) is 19.7 Å². The highest BCUT2D eigenvalue weighted by Gasteiger charge is 2.51. The largest absolute Gasteiger partial charge is 0.494 e. The van der Waals surface area contributed by atoms with Gasteiger partial charge in [-0.15, -0.1) is 0 Å². The summed E-state index contributed by atoms with van der Waals surface area (Å²) in [6, 6.07) is 21.7. The number of nitrogens with zero attached hydrogens (tertiary/aromatic N) is 1. The number of rotatable bonds is 9. The highest BCUT2D eigenvalue weighted by Crippen LogP contribution is 2.36. The summed E-state index contributed by atoms with van der Waals surface area (Å²) in [7, 11) is 0.918. The van der Waals surface area contributed by atoms with Gasteiger partial charge in [-0.1, -0.05) is 95.3 Å². The molecule has 0 aromatic heterocycles. The Morgan fingerprint density at radius 2 is 1.13 bits per heavy atom. The van der Waals surface area contributed by atoms with Gasteiger partial charge >= 0.3 is 19.1 Å². The molecule has 0 N–H and O–H groups in total. The first kappa shape index (κ1) is 40.0. The summed E-state index contributed by atoms with van der Waals surface area (Å²) in [5, 5.41) is 10.3. The summed E-state index contributed by atoms with van der Waals surface area (Å²) in [5.74, 6) is -0.585. The van der Waals surface area contributed by atoms with E-state index in [0.29, 0.717) is 5.56 Å². The molecule has 3 aromatic carbocycles. The summed E-state index contributed by atoms with van der Waals surface area (Å²) in [4.78, 5) is 32.8. The fraction of sp³-hybridized carbons (Fsp3) is 0.444. The van der Waals surface area contributed by atoms with Crippen molar-refractivity contribution in [2.45, 2.75) is 99.4 Å². The number of methoxy groups -OCH3 is 1. The summed E-state index contributed by atoms with van der Waals surface area (Å²) < 4.78 is 22.0. The zero-order valence-electron chi connectivity index (χ0n) is 29.0. The van der Waals surface area contributed by atoms with Gasteiger partial charge in [0.1, 0.15) is 6.61 Å². The average Bonchev–Trinajstić information content (AvgIpc) is 3.29. The monoisotopic (exact) mass is 635 g/mol. The van der Waals surface area contributed by atoms with Gasteiger partial charge in [0.15, 0.2) is 0 Å². The van der Waals surface area contributed by atoms with Crippen molar-refractivity contribution in [2.75, 3.05) is 7.11 Å². The minimum atomic E-state index is -0.484. The van der Waals surface area contributed by atoms with Crippen LogP contribution < -0.4 is 5.46 Å². The lowest BCUT2D eigenvalue weighted by Crippen LogP contribution is -2.41. The van der Waals surface area contributed by atoms with Crippen molar-refractivity contribution in [3.63, 3.8) is 0 Å². The molecule has 4 rings (SSSR count). The predicted molar refractivity (Wildman–Crippen MR) is 183 cm³/mol. The number of nitro groups is 1. The lowest BCUT2D eigenvalue weighted by Gasteiger charge is -2.32. The van der Waals surface area contributed by atoms with Crippen LogP contribution in [0.5, 0.6) is 0 Å². The third kappa shape index (κ3) is 12.4. The normalized spacial score (nSPS) is 13.8. The molecule has 0 saturated carbocycles. The molecule has 0 radical (unpaired) electrons. The first-order chi connectivity index (χ1) is 21.8. The van der Waals surface area contributed by atoms with Crippen LogP contribution in [0.25, 0.3) is 0 Å². The third-order valence-electron chi connectivity index (χ3n) is 7.41. The van der Waals surface area contributed by atoms with E-state index in [9.17, 15) is 19.7 Å². The number of nitro benzene ring substituents is 1. The highest BCUT2D eigenvalue weighted by atomic mass is 16.7. The van der Waals surface area contributed by atoms with Gasteiger partial charge in [-0.2, -0.15) is 0 Å². The van der Waals surface area contributed by atoms with Gasteiger partial charge in [0.2, 0.25) is 0 Å². The van der Waals surface area contributed by atoms with E-state index >= 15 is 0 Å². The van der Waals surface area contributed by atoms with E-state index in [-0.39, 0.29) is 55.4 Å². The minimum Gasteiger partial charge on any atom is -0.469 e. The highest BCUT2D eigenvalue weighted by molar-refractivity contribution is 6.62. The molecule has 1 heterocycles. The van der Waals surface area contributed by atoms with Crippen molar-refractivity contribution in [3.8, 4) is 0 Å². The Kier molecular flexibility index (Phi) is 17.0. The maximum Gasteiger partial charge on any atom is 0.494 e. The molecule has 0 bridgehead atoms. The molecule has 1 aliphatic heterocycles. The Labute approximate surface area is 274 Å². The standard InChI is InChI=1S/C23H29BO4.C9H9NO4.2C2H6/c1-6-17-7-9-18(10-8-17)15-21(25)26-16-19-11-13-20(14-12-19)24-27-22(2,3)23(4,5)28-24;1-14-9(11)6-7-2-4-8(5-3-7)10(12)13;2*1-2/h7-14H,6,15-16H2,1-5H3;2-5H,6H2,1H3;2*1-2H3. The molecule has 0 unspecified atom stereocenters. The van der Waals surface area contributed by atoms with Crippen LogP contribution in [0.3, 0.4) is 0 Å². The number of hydrogen-bond acceptors (Lipinski definition) is 8. The molecule has 0 atom stereocenters. The Morgan fingerprint density at radius 1 is 0.717 bits per heavy atom. The maximum absolute atomic E-state index is 12.1. The summed E-state index contributed by atoms with van der Waals surface area (Å²) in [5.41, 5.74) is 4.13. The van der Waals surface area contributed by atoms with Crippen molar-refractivity contribution >= 4 is 30.2 Å². The van der Waals surface area contributed by atoms with E-state index in [1.165, 1.54) is 36.9 Å². The average molecular weight is 636 g/mol. The molecule has 0 spiro atoms. The molecule has 10 heteroatoms. The van der Waals surface area contributed by atoms with Crippen LogP contribution in [-0.4, -0.2) is 42.3 Å². The molecule has 3 aromatic rings. The summed E-state index contributed by atoms with van der Waals surface area (Å²) in [6.07, 6.45) is 1.41. The molecule has 1 fully saturated rings. The van der Waals surface area contributed by atoms with E-state index < -0.39 is 4.92 Å². The van der Waals surface area contributed by atoms with Crippen molar-refractivity contribution in [1.29, 1.82) is 0 Å². The number of benzene rings is 3. The van der Waals surface area contributed by atoms with Gasteiger partial charge in [0.25, 0.3) is 5.69 Å². The van der Waals surface area contributed by atoms with Crippen molar-refractivity contribution < 1.29 is 33.3 Å². The second-order valence-electron chi connectivity index (χ2n) is 11.0. The van der Waals surface area contributed by atoms with Gasteiger partial charge < -0.3 is 18.8 Å². The maximum atomic E-state index is 12.1. The van der Waals surface area contributed by atoms with Crippen LogP contribution >= 0.6 is 0 Å². The molecule has 9 nitrogen and oxygen atoms in total. The van der Waals surface area contributed by atoms with Crippen LogP contribution in [-0.2, 0) is 54.2 Å².